The second-order valence-corrected chi connectivity index (χ2v) is 8.25. The number of fused-ring (bicyclic) bond motifs is 1. The summed E-state index contributed by atoms with van der Waals surface area (Å²) in [6.07, 6.45) is 3.37. The highest BCUT2D eigenvalue weighted by atomic mass is 16.2. The van der Waals surface area contributed by atoms with Crippen molar-refractivity contribution in [1.29, 1.82) is 0 Å². The van der Waals surface area contributed by atoms with Crippen molar-refractivity contribution in [3.63, 3.8) is 0 Å². The Kier molecular flexibility index (Phi) is 6.22. The van der Waals surface area contributed by atoms with Gasteiger partial charge < -0.3 is 9.88 Å². The lowest BCUT2D eigenvalue weighted by molar-refractivity contribution is -0.128. The predicted molar refractivity (Wildman–Crippen MR) is 130 cm³/mol. The number of aromatic nitrogens is 4. The number of nitrogens with zero attached hydrogens (tertiary/aromatic N) is 4. The molecule has 2 heterocycles. The standard InChI is InChI=1S/C26H27N5O2/c1-17(2)30(16-24-27-23-13-9-8-12-22(23)26(33)28-24)25(32)15-14-21-18(3)29-31(19(21)4)20-10-6-5-7-11-20/h5-15,17H,16H2,1-4H3,(H,27,28,33)/b15-14+. The largest absolute Gasteiger partial charge is 0.329 e. The molecule has 1 amide bonds. The lowest BCUT2D eigenvalue weighted by atomic mass is 10.1. The summed E-state index contributed by atoms with van der Waals surface area (Å²) in [5, 5.41) is 5.17. The molecule has 4 rings (SSSR count). The van der Waals surface area contributed by atoms with Gasteiger partial charge in [-0.25, -0.2) is 9.67 Å². The van der Waals surface area contributed by atoms with Crippen molar-refractivity contribution in [2.45, 2.75) is 40.3 Å². The number of hydrogen-bond acceptors (Lipinski definition) is 4. The number of amides is 1. The molecule has 0 radical (unpaired) electrons. The van der Waals surface area contributed by atoms with Crippen LogP contribution in [-0.4, -0.2) is 36.6 Å². The Hall–Kier alpha value is -4.00. The topological polar surface area (TPSA) is 83.9 Å². The quantitative estimate of drug-likeness (QED) is 0.455. The van der Waals surface area contributed by atoms with Crippen molar-refractivity contribution in [3.05, 3.63) is 93.8 Å². The molecule has 0 spiro atoms. The fraction of sp³-hybridized carbons (Fsp3) is 0.231. The number of carbonyl (C=O) groups is 1. The van der Waals surface area contributed by atoms with Crippen LogP contribution in [0.3, 0.4) is 0 Å². The Morgan fingerprint density at radius 2 is 1.79 bits per heavy atom. The lowest BCUT2D eigenvalue weighted by Gasteiger charge is -2.25. The average Bonchev–Trinajstić information content (AvgIpc) is 3.09. The van der Waals surface area contributed by atoms with Gasteiger partial charge in [0.1, 0.15) is 5.82 Å². The molecule has 0 fully saturated rings. The molecule has 2 aromatic heterocycles. The summed E-state index contributed by atoms with van der Waals surface area (Å²) < 4.78 is 1.88. The highest BCUT2D eigenvalue weighted by Gasteiger charge is 2.18. The van der Waals surface area contributed by atoms with Crippen LogP contribution in [0.4, 0.5) is 0 Å². The first-order chi connectivity index (χ1) is 15.8. The molecule has 0 unspecified atom stereocenters. The lowest BCUT2D eigenvalue weighted by Crippen LogP contribution is -2.36. The highest BCUT2D eigenvalue weighted by molar-refractivity contribution is 5.92. The third-order valence-corrected chi connectivity index (χ3v) is 5.63. The first kappa shape index (κ1) is 22.2. The van der Waals surface area contributed by atoms with Crippen LogP contribution in [-0.2, 0) is 11.3 Å². The van der Waals surface area contributed by atoms with Crippen LogP contribution in [0, 0.1) is 13.8 Å². The van der Waals surface area contributed by atoms with E-state index in [9.17, 15) is 9.59 Å². The minimum Gasteiger partial charge on any atom is -0.329 e. The number of para-hydroxylation sites is 2. The van der Waals surface area contributed by atoms with Gasteiger partial charge in [0.2, 0.25) is 5.91 Å². The SMILES string of the molecule is Cc1nn(-c2ccccc2)c(C)c1/C=C/C(=O)N(Cc1nc2ccccc2c(=O)[nH]1)C(C)C. The molecular formula is C26H27N5O2. The predicted octanol–water partition coefficient (Wildman–Crippen LogP) is 4.18. The second-order valence-electron chi connectivity index (χ2n) is 8.25. The van der Waals surface area contributed by atoms with Gasteiger partial charge in [0.25, 0.3) is 5.56 Å². The number of aromatic amines is 1. The summed E-state index contributed by atoms with van der Waals surface area (Å²) in [5.74, 6) is 0.297. The molecule has 168 valence electrons. The van der Waals surface area contributed by atoms with Crippen molar-refractivity contribution in [2.75, 3.05) is 0 Å². The van der Waals surface area contributed by atoms with Crippen LogP contribution in [0.2, 0.25) is 0 Å². The normalized spacial score (nSPS) is 11.5. The number of H-pyrrole nitrogens is 1. The third kappa shape index (κ3) is 4.62. The van der Waals surface area contributed by atoms with E-state index in [0.717, 1.165) is 22.6 Å². The van der Waals surface area contributed by atoms with Gasteiger partial charge in [-0.3, -0.25) is 9.59 Å². The van der Waals surface area contributed by atoms with Crippen molar-refractivity contribution >= 4 is 22.9 Å². The number of benzene rings is 2. The van der Waals surface area contributed by atoms with Crippen molar-refractivity contribution in [3.8, 4) is 5.69 Å². The van der Waals surface area contributed by atoms with E-state index >= 15 is 0 Å². The van der Waals surface area contributed by atoms with Crippen molar-refractivity contribution in [2.24, 2.45) is 0 Å². The molecule has 7 nitrogen and oxygen atoms in total. The van der Waals surface area contributed by atoms with Gasteiger partial charge in [0.05, 0.1) is 28.8 Å². The maximum absolute atomic E-state index is 13.1. The van der Waals surface area contributed by atoms with E-state index in [1.165, 1.54) is 0 Å². The summed E-state index contributed by atoms with van der Waals surface area (Å²) >= 11 is 0. The Morgan fingerprint density at radius 1 is 1.09 bits per heavy atom. The number of hydrogen-bond donors (Lipinski definition) is 1. The molecule has 0 aliphatic rings. The summed E-state index contributed by atoms with van der Waals surface area (Å²) in [6.45, 7) is 8.01. The van der Waals surface area contributed by atoms with E-state index in [1.54, 1.807) is 29.2 Å². The number of nitrogens with one attached hydrogen (secondary N) is 1. The zero-order chi connectivity index (χ0) is 23.5. The molecule has 0 aliphatic heterocycles. The number of aryl methyl sites for hydroxylation is 1. The number of rotatable bonds is 6. The van der Waals surface area contributed by atoms with Gasteiger partial charge in [-0.15, -0.1) is 0 Å². The van der Waals surface area contributed by atoms with Crippen molar-refractivity contribution in [1.82, 2.24) is 24.6 Å². The van der Waals surface area contributed by atoms with Crippen LogP contribution in [0.1, 0.15) is 36.6 Å². The molecule has 4 aromatic rings. The molecule has 0 bridgehead atoms. The summed E-state index contributed by atoms with van der Waals surface area (Å²) in [7, 11) is 0. The first-order valence-corrected chi connectivity index (χ1v) is 10.9. The van der Waals surface area contributed by atoms with E-state index in [0.29, 0.717) is 16.7 Å². The minimum atomic E-state index is -0.207. The van der Waals surface area contributed by atoms with E-state index in [2.05, 4.69) is 15.1 Å². The highest BCUT2D eigenvalue weighted by Crippen LogP contribution is 2.19. The van der Waals surface area contributed by atoms with Crippen LogP contribution < -0.4 is 5.56 Å². The van der Waals surface area contributed by atoms with Gasteiger partial charge in [-0.1, -0.05) is 30.3 Å². The van der Waals surface area contributed by atoms with E-state index in [1.807, 2.05) is 74.9 Å². The fourth-order valence-corrected chi connectivity index (χ4v) is 3.85. The summed E-state index contributed by atoms with van der Waals surface area (Å²) in [4.78, 5) is 34.5. The molecule has 1 N–H and O–H groups in total. The summed E-state index contributed by atoms with van der Waals surface area (Å²) in [5.41, 5.74) is 4.09. The van der Waals surface area contributed by atoms with Crippen LogP contribution >= 0.6 is 0 Å². The first-order valence-electron chi connectivity index (χ1n) is 10.9. The Morgan fingerprint density at radius 3 is 2.52 bits per heavy atom. The Balaban J connectivity index is 1.59. The summed E-state index contributed by atoms with van der Waals surface area (Å²) in [6, 6.07) is 17.0. The van der Waals surface area contributed by atoms with Gasteiger partial charge >= 0.3 is 0 Å². The average molecular weight is 442 g/mol. The minimum absolute atomic E-state index is 0.0758. The van der Waals surface area contributed by atoms with Crippen LogP contribution in [0.5, 0.6) is 0 Å². The van der Waals surface area contributed by atoms with Crippen molar-refractivity contribution < 1.29 is 4.79 Å². The van der Waals surface area contributed by atoms with Gasteiger partial charge in [-0.2, -0.15) is 5.10 Å². The van der Waals surface area contributed by atoms with Gasteiger partial charge in [0.15, 0.2) is 0 Å². The zero-order valence-corrected chi connectivity index (χ0v) is 19.2. The monoisotopic (exact) mass is 441 g/mol. The number of carbonyl (C=O) groups excluding carboxylic acids is 1. The second kappa shape index (κ2) is 9.24. The molecule has 33 heavy (non-hydrogen) atoms. The molecular weight excluding hydrogens is 414 g/mol. The molecule has 2 aromatic carbocycles. The van der Waals surface area contributed by atoms with Crippen LogP contribution in [0.15, 0.2) is 65.5 Å². The van der Waals surface area contributed by atoms with E-state index in [4.69, 9.17) is 0 Å². The molecule has 0 aliphatic carbocycles. The maximum atomic E-state index is 13.1. The smallest absolute Gasteiger partial charge is 0.258 e. The van der Waals surface area contributed by atoms with Gasteiger partial charge in [-0.05, 0) is 58.0 Å². The molecule has 0 saturated heterocycles. The molecule has 0 saturated carbocycles. The van der Waals surface area contributed by atoms with E-state index in [-0.39, 0.29) is 24.1 Å². The molecule has 0 atom stereocenters. The van der Waals surface area contributed by atoms with Gasteiger partial charge in [0, 0.05) is 23.4 Å². The van der Waals surface area contributed by atoms with E-state index < -0.39 is 0 Å². The zero-order valence-electron chi connectivity index (χ0n) is 19.2. The maximum Gasteiger partial charge on any atom is 0.258 e. The Labute approximate surface area is 192 Å². The van der Waals surface area contributed by atoms with Crippen LogP contribution in [0.25, 0.3) is 22.7 Å². The molecule has 7 heteroatoms. The third-order valence-electron chi connectivity index (χ3n) is 5.63. The fourth-order valence-electron chi connectivity index (χ4n) is 3.85. The Bertz CT molecular complexity index is 1380.